The fourth-order valence-corrected chi connectivity index (χ4v) is 2.80. The molecule has 6 heteroatoms. The normalized spacial score (nSPS) is 10.6. The number of ether oxygens (including phenoxy) is 2. The van der Waals surface area contributed by atoms with E-state index in [1.54, 1.807) is 48.7 Å². The van der Waals surface area contributed by atoms with Crippen molar-refractivity contribution in [1.29, 1.82) is 0 Å². The van der Waals surface area contributed by atoms with E-state index in [2.05, 4.69) is 4.98 Å². The molecule has 4 aromatic rings. The van der Waals surface area contributed by atoms with Crippen molar-refractivity contribution in [2.45, 2.75) is 6.61 Å². The molecule has 0 aliphatic rings. The molecule has 0 fully saturated rings. The van der Waals surface area contributed by atoms with Gasteiger partial charge in [-0.2, -0.15) is 0 Å². The van der Waals surface area contributed by atoms with E-state index in [0.29, 0.717) is 22.6 Å². The number of benzene rings is 2. The summed E-state index contributed by atoms with van der Waals surface area (Å²) in [5.74, 6) is -0.0798. The smallest absolute Gasteiger partial charge is 0.345 e. The molecule has 29 heavy (non-hydrogen) atoms. The monoisotopic (exact) mass is 387 g/mol. The highest BCUT2D eigenvalue weighted by Crippen LogP contribution is 2.23. The number of rotatable bonds is 6. The lowest BCUT2D eigenvalue weighted by molar-refractivity contribution is -0.147. The number of fused-ring (bicyclic) bond motifs is 1. The molecule has 144 valence electrons. The maximum Gasteiger partial charge on any atom is 0.345 e. The Morgan fingerprint density at radius 2 is 1.79 bits per heavy atom. The van der Waals surface area contributed by atoms with Gasteiger partial charge < -0.3 is 13.9 Å². The van der Waals surface area contributed by atoms with Gasteiger partial charge in [0, 0.05) is 17.6 Å². The van der Waals surface area contributed by atoms with Crippen LogP contribution < -0.4 is 10.4 Å². The number of aromatic nitrogens is 1. The lowest BCUT2D eigenvalue weighted by atomic mass is 10.1. The van der Waals surface area contributed by atoms with Gasteiger partial charge in [0.2, 0.25) is 0 Å². The molecule has 6 nitrogen and oxygen atoms in total. The van der Waals surface area contributed by atoms with Crippen LogP contribution in [0.1, 0.15) is 5.56 Å². The highest BCUT2D eigenvalue weighted by molar-refractivity contribution is 5.82. The number of nitrogens with zero attached hydrogens (tertiary/aromatic N) is 1. The second-order valence-electron chi connectivity index (χ2n) is 6.30. The average molecular weight is 387 g/mol. The summed E-state index contributed by atoms with van der Waals surface area (Å²) < 4.78 is 16.1. The third kappa shape index (κ3) is 4.50. The van der Waals surface area contributed by atoms with E-state index in [1.807, 2.05) is 30.3 Å². The minimum absolute atomic E-state index is 0.186. The van der Waals surface area contributed by atoms with E-state index in [-0.39, 0.29) is 13.2 Å². The van der Waals surface area contributed by atoms with Crippen molar-refractivity contribution in [3.63, 3.8) is 0 Å². The number of pyridine rings is 1. The zero-order valence-corrected chi connectivity index (χ0v) is 15.4. The first-order chi connectivity index (χ1) is 14.2. The topological polar surface area (TPSA) is 78.6 Å². The maximum atomic E-state index is 12.3. The van der Waals surface area contributed by atoms with Crippen molar-refractivity contribution in [1.82, 2.24) is 4.98 Å². The summed E-state index contributed by atoms with van der Waals surface area (Å²) in [5.41, 5.74) is 1.71. The highest BCUT2D eigenvalue weighted by Gasteiger charge is 2.10. The summed E-state index contributed by atoms with van der Waals surface area (Å²) in [6.45, 7) is -0.0550. The SMILES string of the molecule is O=C(COc1ccc2cc(-c3ccccn3)c(=O)oc2c1)OCc1ccccc1. The predicted molar refractivity (Wildman–Crippen MR) is 107 cm³/mol. The summed E-state index contributed by atoms with van der Waals surface area (Å²) in [4.78, 5) is 28.4. The van der Waals surface area contributed by atoms with E-state index in [4.69, 9.17) is 13.9 Å². The van der Waals surface area contributed by atoms with Crippen LogP contribution in [-0.4, -0.2) is 17.6 Å². The van der Waals surface area contributed by atoms with Crippen LogP contribution in [0.3, 0.4) is 0 Å². The van der Waals surface area contributed by atoms with Gasteiger partial charge in [-0.15, -0.1) is 0 Å². The molecule has 0 amide bonds. The first-order valence-corrected chi connectivity index (χ1v) is 9.01. The summed E-state index contributed by atoms with van der Waals surface area (Å²) in [6.07, 6.45) is 1.62. The summed E-state index contributed by atoms with van der Waals surface area (Å²) >= 11 is 0. The van der Waals surface area contributed by atoms with Crippen molar-refractivity contribution in [2.75, 3.05) is 6.61 Å². The second-order valence-corrected chi connectivity index (χ2v) is 6.30. The molecule has 0 aliphatic heterocycles. The van der Waals surface area contributed by atoms with Crippen molar-refractivity contribution in [2.24, 2.45) is 0 Å². The van der Waals surface area contributed by atoms with E-state index in [9.17, 15) is 9.59 Å². The minimum Gasteiger partial charge on any atom is -0.482 e. The molecular weight excluding hydrogens is 370 g/mol. The number of carbonyl (C=O) groups excluding carboxylic acids is 1. The van der Waals surface area contributed by atoms with Crippen molar-refractivity contribution in [3.8, 4) is 17.0 Å². The van der Waals surface area contributed by atoms with Crippen LogP contribution in [0.2, 0.25) is 0 Å². The third-order valence-electron chi connectivity index (χ3n) is 4.25. The van der Waals surface area contributed by atoms with E-state index in [1.165, 1.54) is 0 Å². The molecule has 0 atom stereocenters. The first-order valence-electron chi connectivity index (χ1n) is 9.01. The molecule has 4 rings (SSSR count). The van der Waals surface area contributed by atoms with Crippen molar-refractivity contribution in [3.05, 3.63) is 95.0 Å². The van der Waals surface area contributed by atoms with Crippen LogP contribution in [0.5, 0.6) is 5.75 Å². The Morgan fingerprint density at radius 3 is 2.59 bits per heavy atom. The van der Waals surface area contributed by atoms with Gasteiger partial charge in [-0.3, -0.25) is 4.98 Å². The Hall–Kier alpha value is -3.93. The second kappa shape index (κ2) is 8.39. The molecule has 2 aromatic carbocycles. The van der Waals surface area contributed by atoms with Gasteiger partial charge in [-0.1, -0.05) is 36.4 Å². The molecule has 0 N–H and O–H groups in total. The molecule has 0 radical (unpaired) electrons. The Labute approximate surface area is 166 Å². The quantitative estimate of drug-likeness (QED) is 0.368. The molecule has 0 spiro atoms. The fraction of sp³-hybridized carbons (Fsp3) is 0.0870. The molecule has 0 bridgehead atoms. The fourth-order valence-electron chi connectivity index (χ4n) is 2.80. The molecule has 2 aromatic heterocycles. The molecular formula is C23H17NO5. The van der Waals surface area contributed by atoms with Gasteiger partial charge in [-0.05, 0) is 35.9 Å². The summed E-state index contributed by atoms with van der Waals surface area (Å²) in [7, 11) is 0. The number of hydrogen-bond acceptors (Lipinski definition) is 6. The highest BCUT2D eigenvalue weighted by atomic mass is 16.6. The van der Waals surface area contributed by atoms with Crippen molar-refractivity contribution < 1.29 is 18.7 Å². The van der Waals surface area contributed by atoms with Crippen LogP contribution in [0.25, 0.3) is 22.2 Å². The zero-order valence-electron chi connectivity index (χ0n) is 15.4. The lowest BCUT2D eigenvalue weighted by Crippen LogP contribution is -2.14. The average Bonchev–Trinajstić information content (AvgIpc) is 2.77. The van der Waals surface area contributed by atoms with Crippen LogP contribution in [0.4, 0.5) is 0 Å². The van der Waals surface area contributed by atoms with Crippen LogP contribution in [-0.2, 0) is 16.1 Å². The molecule has 0 aliphatic carbocycles. The largest absolute Gasteiger partial charge is 0.482 e. The number of hydrogen-bond donors (Lipinski definition) is 0. The van der Waals surface area contributed by atoms with Gasteiger partial charge in [0.05, 0.1) is 11.3 Å². The van der Waals surface area contributed by atoms with Gasteiger partial charge in [-0.25, -0.2) is 9.59 Å². The first kappa shape index (κ1) is 18.4. The Bertz CT molecular complexity index is 1190. The van der Waals surface area contributed by atoms with E-state index < -0.39 is 11.6 Å². The van der Waals surface area contributed by atoms with Crippen LogP contribution >= 0.6 is 0 Å². The van der Waals surface area contributed by atoms with Crippen molar-refractivity contribution >= 4 is 16.9 Å². The van der Waals surface area contributed by atoms with Gasteiger partial charge >= 0.3 is 11.6 Å². The third-order valence-corrected chi connectivity index (χ3v) is 4.25. The van der Waals surface area contributed by atoms with Crippen LogP contribution in [0, 0.1) is 0 Å². The summed E-state index contributed by atoms with van der Waals surface area (Å²) in [5, 5.41) is 0.726. The molecule has 0 unspecified atom stereocenters. The number of esters is 1. The molecule has 0 saturated carbocycles. The predicted octanol–water partition coefficient (Wildman–Crippen LogP) is 3.98. The minimum atomic E-state index is -0.490. The Balaban J connectivity index is 1.44. The van der Waals surface area contributed by atoms with Crippen LogP contribution in [0.15, 0.2) is 88.2 Å². The summed E-state index contributed by atoms with van der Waals surface area (Å²) in [6, 6.07) is 21.5. The molecule has 2 heterocycles. The zero-order chi connectivity index (χ0) is 20.1. The lowest BCUT2D eigenvalue weighted by Gasteiger charge is -2.08. The molecule has 0 saturated heterocycles. The maximum absolute atomic E-state index is 12.3. The van der Waals surface area contributed by atoms with E-state index in [0.717, 1.165) is 10.9 Å². The van der Waals surface area contributed by atoms with Gasteiger partial charge in [0.15, 0.2) is 6.61 Å². The standard InChI is InChI=1S/C23H17NO5/c25-22(28-14-16-6-2-1-3-7-16)15-27-18-10-9-17-12-19(20-8-4-5-11-24-20)23(26)29-21(17)13-18/h1-13H,14-15H2. The Morgan fingerprint density at radius 1 is 0.966 bits per heavy atom. The van der Waals surface area contributed by atoms with Gasteiger partial charge in [0.1, 0.15) is 17.9 Å². The van der Waals surface area contributed by atoms with Gasteiger partial charge in [0.25, 0.3) is 0 Å². The van der Waals surface area contributed by atoms with E-state index >= 15 is 0 Å². The Kier molecular flexibility index (Phi) is 5.33. The number of carbonyl (C=O) groups is 1.